The van der Waals surface area contributed by atoms with Crippen LogP contribution in [0.1, 0.15) is 29.3 Å². The van der Waals surface area contributed by atoms with Gasteiger partial charge in [-0.25, -0.2) is 4.39 Å². The first-order valence-corrected chi connectivity index (χ1v) is 5.73. The first-order valence-electron chi connectivity index (χ1n) is 5.73. The third kappa shape index (κ3) is 3.55. The van der Waals surface area contributed by atoms with Gasteiger partial charge in [-0.2, -0.15) is 0 Å². The van der Waals surface area contributed by atoms with E-state index in [-0.39, 0.29) is 12.1 Å². The van der Waals surface area contributed by atoms with E-state index in [1.165, 1.54) is 17.0 Å². The van der Waals surface area contributed by atoms with Crippen LogP contribution < -0.4 is 0 Å². The maximum atomic E-state index is 13.1. The summed E-state index contributed by atoms with van der Waals surface area (Å²) in [6.07, 6.45) is 0.646. The fourth-order valence-electron chi connectivity index (χ4n) is 1.68. The van der Waals surface area contributed by atoms with E-state index in [9.17, 15) is 14.0 Å². The summed E-state index contributed by atoms with van der Waals surface area (Å²) in [6, 6.07) is 3.92. The van der Waals surface area contributed by atoms with Crippen LogP contribution >= 0.6 is 0 Å². The van der Waals surface area contributed by atoms with Crippen LogP contribution in [0.4, 0.5) is 4.39 Å². The summed E-state index contributed by atoms with van der Waals surface area (Å²) in [7, 11) is 0. The molecule has 0 saturated heterocycles. The minimum Gasteiger partial charge on any atom is -0.480 e. The van der Waals surface area contributed by atoms with E-state index in [1.807, 2.05) is 6.92 Å². The highest BCUT2D eigenvalue weighted by Gasteiger charge is 2.19. The number of carboxylic acid groups (broad SMARTS) is 1. The van der Waals surface area contributed by atoms with Crippen molar-refractivity contribution in [3.8, 4) is 0 Å². The molecule has 0 saturated carbocycles. The maximum Gasteiger partial charge on any atom is 0.323 e. The minimum atomic E-state index is -1.08. The second-order valence-corrected chi connectivity index (χ2v) is 4.08. The van der Waals surface area contributed by atoms with Crippen molar-refractivity contribution < 1.29 is 19.1 Å². The number of halogens is 1. The summed E-state index contributed by atoms with van der Waals surface area (Å²) in [4.78, 5) is 24.1. The molecule has 4 nitrogen and oxygen atoms in total. The lowest BCUT2D eigenvalue weighted by Crippen LogP contribution is -2.36. The second kappa shape index (κ2) is 6.14. The summed E-state index contributed by atoms with van der Waals surface area (Å²) in [5.74, 6) is -2.03. The third-order valence-corrected chi connectivity index (χ3v) is 2.54. The first kappa shape index (κ1) is 14.2. The average molecular weight is 253 g/mol. The number of benzene rings is 1. The highest BCUT2D eigenvalue weighted by molar-refractivity contribution is 5.97. The Morgan fingerprint density at radius 3 is 2.61 bits per heavy atom. The number of hydrogen-bond acceptors (Lipinski definition) is 2. The Morgan fingerprint density at radius 2 is 2.06 bits per heavy atom. The third-order valence-electron chi connectivity index (χ3n) is 2.54. The lowest BCUT2D eigenvalue weighted by Gasteiger charge is -2.20. The largest absolute Gasteiger partial charge is 0.480 e. The van der Waals surface area contributed by atoms with Crippen molar-refractivity contribution in [2.45, 2.75) is 20.3 Å². The summed E-state index contributed by atoms with van der Waals surface area (Å²) in [5, 5.41) is 8.76. The fourth-order valence-corrected chi connectivity index (χ4v) is 1.68. The van der Waals surface area contributed by atoms with Crippen molar-refractivity contribution in [1.82, 2.24) is 4.90 Å². The number of nitrogens with zero attached hydrogens (tertiary/aromatic N) is 1. The van der Waals surface area contributed by atoms with Crippen molar-refractivity contribution in [2.24, 2.45) is 0 Å². The van der Waals surface area contributed by atoms with E-state index in [1.54, 1.807) is 6.92 Å². The van der Waals surface area contributed by atoms with Crippen LogP contribution in [0.25, 0.3) is 0 Å². The smallest absolute Gasteiger partial charge is 0.323 e. The molecule has 1 aromatic rings. The normalized spacial score (nSPS) is 10.2. The molecule has 0 fully saturated rings. The van der Waals surface area contributed by atoms with Gasteiger partial charge in [0.1, 0.15) is 12.4 Å². The Bertz CT molecular complexity index is 460. The predicted octanol–water partition coefficient (Wildman–Crippen LogP) is 2.07. The van der Waals surface area contributed by atoms with Gasteiger partial charge in [-0.05, 0) is 31.0 Å². The van der Waals surface area contributed by atoms with Crippen molar-refractivity contribution in [1.29, 1.82) is 0 Å². The molecule has 18 heavy (non-hydrogen) atoms. The second-order valence-electron chi connectivity index (χ2n) is 4.08. The minimum absolute atomic E-state index is 0.213. The monoisotopic (exact) mass is 253 g/mol. The van der Waals surface area contributed by atoms with Crippen LogP contribution in [-0.4, -0.2) is 35.0 Å². The zero-order valence-electron chi connectivity index (χ0n) is 10.4. The standard InChI is InChI=1S/C13H16FNO3/c1-3-6-15(8-12(16)17)13(18)11-7-10(14)5-4-9(11)2/h4-5,7H,3,6,8H2,1-2H3,(H,16,17). The van der Waals surface area contributed by atoms with Gasteiger partial charge in [0.25, 0.3) is 5.91 Å². The van der Waals surface area contributed by atoms with Crippen molar-refractivity contribution >= 4 is 11.9 Å². The zero-order valence-corrected chi connectivity index (χ0v) is 10.4. The van der Waals surface area contributed by atoms with Crippen LogP contribution in [0.5, 0.6) is 0 Å². The van der Waals surface area contributed by atoms with Crippen molar-refractivity contribution in [3.05, 3.63) is 35.1 Å². The SMILES string of the molecule is CCCN(CC(=O)O)C(=O)c1cc(F)ccc1C. The molecule has 0 atom stereocenters. The first-order chi connectivity index (χ1) is 8.45. The number of hydrogen-bond donors (Lipinski definition) is 1. The number of aryl methyl sites for hydroxylation is 1. The van der Waals surface area contributed by atoms with Gasteiger partial charge in [0.2, 0.25) is 0 Å². The van der Waals surface area contributed by atoms with Gasteiger partial charge >= 0.3 is 5.97 Å². The summed E-state index contributed by atoms with van der Waals surface area (Å²) in [6.45, 7) is 3.50. The van der Waals surface area contributed by atoms with Crippen molar-refractivity contribution in [2.75, 3.05) is 13.1 Å². The Hall–Kier alpha value is -1.91. The Kier molecular flexibility index (Phi) is 4.83. The van der Waals surface area contributed by atoms with Crippen LogP contribution in [0.3, 0.4) is 0 Å². The molecule has 0 unspecified atom stereocenters. The molecule has 0 spiro atoms. The molecule has 0 aliphatic carbocycles. The zero-order chi connectivity index (χ0) is 13.7. The molecule has 1 N–H and O–H groups in total. The van der Waals surface area contributed by atoms with E-state index in [0.717, 1.165) is 6.07 Å². The highest BCUT2D eigenvalue weighted by atomic mass is 19.1. The van der Waals surface area contributed by atoms with Gasteiger partial charge < -0.3 is 10.0 Å². The number of aliphatic carboxylic acids is 1. The molecule has 1 aromatic carbocycles. The van der Waals surface area contributed by atoms with Gasteiger partial charge in [0.05, 0.1) is 0 Å². The van der Waals surface area contributed by atoms with E-state index in [2.05, 4.69) is 0 Å². The van der Waals surface area contributed by atoms with Crippen LogP contribution in [0.15, 0.2) is 18.2 Å². The van der Waals surface area contributed by atoms with Gasteiger partial charge in [-0.1, -0.05) is 13.0 Å². The Balaban J connectivity index is 3.01. The van der Waals surface area contributed by atoms with Gasteiger partial charge in [-0.15, -0.1) is 0 Å². The predicted molar refractivity (Wildman–Crippen MR) is 65.0 cm³/mol. The van der Waals surface area contributed by atoms with E-state index < -0.39 is 17.7 Å². The number of rotatable bonds is 5. The molecule has 5 heteroatoms. The molecule has 0 aromatic heterocycles. The van der Waals surface area contributed by atoms with Crippen LogP contribution in [0.2, 0.25) is 0 Å². The fraction of sp³-hybridized carbons (Fsp3) is 0.385. The Labute approximate surface area is 105 Å². The van der Waals surface area contributed by atoms with E-state index in [4.69, 9.17) is 5.11 Å². The van der Waals surface area contributed by atoms with Gasteiger partial charge in [0, 0.05) is 12.1 Å². The van der Waals surface area contributed by atoms with Gasteiger partial charge in [0.15, 0.2) is 0 Å². The molecule has 0 bridgehead atoms. The summed E-state index contributed by atoms with van der Waals surface area (Å²) >= 11 is 0. The molecule has 98 valence electrons. The van der Waals surface area contributed by atoms with Crippen LogP contribution in [-0.2, 0) is 4.79 Å². The van der Waals surface area contributed by atoms with Gasteiger partial charge in [-0.3, -0.25) is 9.59 Å². The molecule has 0 aliphatic heterocycles. The molecule has 0 aliphatic rings. The topological polar surface area (TPSA) is 57.6 Å². The lowest BCUT2D eigenvalue weighted by molar-refractivity contribution is -0.137. The van der Waals surface area contributed by atoms with E-state index >= 15 is 0 Å². The highest BCUT2D eigenvalue weighted by Crippen LogP contribution is 2.13. The molecule has 1 rings (SSSR count). The molecule has 0 heterocycles. The summed E-state index contributed by atoms with van der Waals surface area (Å²) in [5.41, 5.74) is 0.845. The van der Waals surface area contributed by atoms with Crippen molar-refractivity contribution in [3.63, 3.8) is 0 Å². The molecule has 1 amide bonds. The average Bonchev–Trinajstić information content (AvgIpc) is 2.30. The van der Waals surface area contributed by atoms with Crippen LogP contribution in [0, 0.1) is 12.7 Å². The quantitative estimate of drug-likeness (QED) is 0.874. The number of amides is 1. The Morgan fingerprint density at radius 1 is 1.39 bits per heavy atom. The lowest BCUT2D eigenvalue weighted by atomic mass is 10.1. The summed E-state index contributed by atoms with van der Waals surface area (Å²) < 4.78 is 13.1. The molecular formula is C13H16FNO3. The number of carbonyl (C=O) groups excluding carboxylic acids is 1. The number of carboxylic acids is 1. The number of carbonyl (C=O) groups is 2. The maximum absolute atomic E-state index is 13.1. The molecule has 0 radical (unpaired) electrons. The molecular weight excluding hydrogens is 237 g/mol. The van der Waals surface area contributed by atoms with E-state index in [0.29, 0.717) is 18.5 Å².